The fraction of sp³-hybridized carbons (Fsp3) is 0.0769. The predicted octanol–water partition coefficient (Wildman–Crippen LogP) is 3.04. The lowest BCUT2D eigenvalue weighted by atomic mass is 10.2. The lowest BCUT2D eigenvalue weighted by Gasteiger charge is -2.06. The van der Waals surface area contributed by atoms with Gasteiger partial charge >= 0.3 is 0 Å². The van der Waals surface area contributed by atoms with Crippen molar-refractivity contribution in [2.45, 2.75) is 11.8 Å². The first-order chi connectivity index (χ1) is 9.06. The van der Waals surface area contributed by atoms with Crippen LogP contribution >= 0.6 is 0 Å². The minimum atomic E-state index is -1.44. The maximum atomic E-state index is 12.0. The monoisotopic (exact) mass is 276 g/mol. The smallest absolute Gasteiger partial charge is 0.269 e. The summed E-state index contributed by atoms with van der Waals surface area (Å²) in [4.78, 5) is 10.5. The minimum Gasteiger partial charge on any atom is -0.301 e. The van der Waals surface area contributed by atoms with Gasteiger partial charge in [-0.2, -0.15) is 0 Å². The molecule has 0 aromatic heterocycles. The second-order valence-electron chi connectivity index (χ2n) is 3.99. The Labute approximate surface area is 113 Å². The Hall–Kier alpha value is -2.21. The fourth-order valence-electron chi connectivity index (χ4n) is 1.48. The zero-order chi connectivity index (χ0) is 13.8. The number of hydrogen-bond acceptors (Lipinski definition) is 3. The molecule has 0 spiro atoms. The molecule has 2 aromatic rings. The van der Waals surface area contributed by atoms with Gasteiger partial charge in [0.2, 0.25) is 0 Å². The molecule has 1 N–H and O–H groups in total. The fourth-order valence-corrected chi connectivity index (χ4v) is 2.33. The van der Waals surface area contributed by atoms with E-state index in [9.17, 15) is 14.3 Å². The molecular weight excluding hydrogens is 264 g/mol. The van der Waals surface area contributed by atoms with Crippen molar-refractivity contribution in [1.82, 2.24) is 0 Å². The largest absolute Gasteiger partial charge is 0.301 e. The van der Waals surface area contributed by atoms with Gasteiger partial charge in [-0.15, -0.1) is 0 Å². The lowest BCUT2D eigenvalue weighted by molar-refractivity contribution is -0.384. The molecule has 19 heavy (non-hydrogen) atoms. The van der Waals surface area contributed by atoms with E-state index in [1.54, 1.807) is 0 Å². The van der Waals surface area contributed by atoms with E-state index in [4.69, 9.17) is 0 Å². The number of non-ortho nitro benzene ring substituents is 1. The number of nitrogens with zero attached hydrogens (tertiary/aromatic N) is 1. The van der Waals surface area contributed by atoms with Gasteiger partial charge in [-0.05, 0) is 31.2 Å². The van der Waals surface area contributed by atoms with Crippen molar-refractivity contribution < 1.29 is 9.13 Å². The zero-order valence-corrected chi connectivity index (χ0v) is 11.0. The van der Waals surface area contributed by atoms with Crippen molar-refractivity contribution in [2.24, 2.45) is 0 Å². The van der Waals surface area contributed by atoms with Crippen LogP contribution in [0, 0.1) is 17.0 Å². The van der Waals surface area contributed by atoms with Crippen LogP contribution < -0.4 is 4.72 Å². The molecule has 1 unspecified atom stereocenters. The summed E-state index contributed by atoms with van der Waals surface area (Å²) in [5.74, 6) is 0. The van der Waals surface area contributed by atoms with Gasteiger partial charge in [0.05, 0.1) is 9.82 Å². The number of benzene rings is 2. The molecule has 0 amide bonds. The molecule has 0 aliphatic rings. The van der Waals surface area contributed by atoms with Crippen molar-refractivity contribution in [3.8, 4) is 0 Å². The SMILES string of the molecule is Cc1ccc(NS(=O)c2ccc([N+](=O)[O-])cc2)cc1. The average Bonchev–Trinajstić information content (AvgIpc) is 2.41. The maximum Gasteiger partial charge on any atom is 0.269 e. The number of nitro benzene ring substituents is 1. The molecule has 2 aromatic carbocycles. The summed E-state index contributed by atoms with van der Waals surface area (Å²) >= 11 is 0. The van der Waals surface area contributed by atoms with Crippen molar-refractivity contribution in [2.75, 3.05) is 4.72 Å². The quantitative estimate of drug-likeness (QED) is 0.689. The van der Waals surface area contributed by atoms with E-state index < -0.39 is 15.9 Å². The molecular formula is C13H12N2O3S. The zero-order valence-electron chi connectivity index (χ0n) is 10.2. The van der Waals surface area contributed by atoms with Gasteiger partial charge in [-0.1, -0.05) is 17.7 Å². The highest BCUT2D eigenvalue weighted by molar-refractivity contribution is 7.86. The van der Waals surface area contributed by atoms with Gasteiger partial charge in [0.15, 0.2) is 0 Å². The minimum absolute atomic E-state index is 0.0175. The molecule has 5 nitrogen and oxygen atoms in total. The van der Waals surface area contributed by atoms with E-state index >= 15 is 0 Å². The number of aryl methyl sites for hydroxylation is 1. The highest BCUT2D eigenvalue weighted by Crippen LogP contribution is 2.17. The van der Waals surface area contributed by atoms with Crippen LogP contribution in [0.3, 0.4) is 0 Å². The van der Waals surface area contributed by atoms with Crippen LogP contribution in [-0.4, -0.2) is 9.13 Å². The van der Waals surface area contributed by atoms with Gasteiger partial charge in [0.1, 0.15) is 11.0 Å². The van der Waals surface area contributed by atoms with Crippen molar-refractivity contribution in [3.63, 3.8) is 0 Å². The summed E-state index contributed by atoms with van der Waals surface area (Å²) in [6.07, 6.45) is 0. The van der Waals surface area contributed by atoms with Crippen LogP contribution in [0.1, 0.15) is 5.56 Å². The first-order valence-corrected chi connectivity index (χ1v) is 6.71. The molecule has 0 heterocycles. The van der Waals surface area contributed by atoms with Gasteiger partial charge in [0.25, 0.3) is 5.69 Å². The van der Waals surface area contributed by atoms with E-state index in [1.165, 1.54) is 24.3 Å². The molecule has 0 saturated heterocycles. The van der Waals surface area contributed by atoms with Gasteiger partial charge < -0.3 is 4.72 Å². The van der Waals surface area contributed by atoms with Crippen LogP contribution in [0.25, 0.3) is 0 Å². The van der Waals surface area contributed by atoms with Crippen molar-refractivity contribution in [3.05, 3.63) is 64.2 Å². The van der Waals surface area contributed by atoms with Crippen LogP contribution in [0.5, 0.6) is 0 Å². The topological polar surface area (TPSA) is 72.2 Å². The number of nitrogens with one attached hydrogen (secondary N) is 1. The summed E-state index contributed by atoms with van der Waals surface area (Å²) in [6.45, 7) is 1.97. The van der Waals surface area contributed by atoms with Crippen LogP contribution in [0.2, 0.25) is 0 Å². The first-order valence-electron chi connectivity index (χ1n) is 5.56. The van der Waals surface area contributed by atoms with Gasteiger partial charge in [0, 0.05) is 17.8 Å². The van der Waals surface area contributed by atoms with Gasteiger partial charge in [-0.25, -0.2) is 4.21 Å². The van der Waals surface area contributed by atoms with Crippen molar-refractivity contribution in [1.29, 1.82) is 0 Å². The third-order valence-electron chi connectivity index (χ3n) is 2.52. The Morgan fingerprint density at radius 2 is 1.63 bits per heavy atom. The molecule has 0 bridgehead atoms. The third-order valence-corrected chi connectivity index (χ3v) is 3.65. The second kappa shape index (κ2) is 5.62. The standard InChI is InChI=1S/C13H12N2O3S/c1-10-2-4-11(5-3-10)14-19(18)13-8-6-12(7-9-13)15(16)17/h2-9,14H,1H3. The maximum absolute atomic E-state index is 12.0. The Balaban J connectivity index is 2.11. The third kappa shape index (κ3) is 3.38. The van der Waals surface area contributed by atoms with Crippen molar-refractivity contribution >= 4 is 22.4 Å². The molecule has 6 heteroatoms. The molecule has 0 radical (unpaired) electrons. The van der Waals surface area contributed by atoms with E-state index in [0.29, 0.717) is 4.90 Å². The molecule has 98 valence electrons. The molecule has 0 fully saturated rings. The molecule has 0 aliphatic heterocycles. The second-order valence-corrected chi connectivity index (χ2v) is 5.20. The number of anilines is 1. The van der Waals surface area contributed by atoms with Crippen LogP contribution in [0.4, 0.5) is 11.4 Å². The van der Waals surface area contributed by atoms with E-state index in [-0.39, 0.29) is 5.69 Å². The highest BCUT2D eigenvalue weighted by Gasteiger charge is 2.08. The summed E-state index contributed by atoms with van der Waals surface area (Å²) in [6, 6.07) is 13.1. The Bertz CT molecular complexity index is 609. The van der Waals surface area contributed by atoms with E-state index in [2.05, 4.69) is 4.72 Å². The summed E-state index contributed by atoms with van der Waals surface area (Å²) in [7, 11) is -1.44. The Morgan fingerprint density at radius 3 is 2.16 bits per heavy atom. The van der Waals surface area contributed by atoms with E-state index in [0.717, 1.165) is 11.3 Å². The Morgan fingerprint density at radius 1 is 1.05 bits per heavy atom. The predicted molar refractivity (Wildman–Crippen MR) is 74.3 cm³/mol. The number of hydrogen-bond donors (Lipinski definition) is 1. The molecule has 2 rings (SSSR count). The number of nitro groups is 1. The molecule has 1 atom stereocenters. The van der Waals surface area contributed by atoms with Crippen LogP contribution in [0.15, 0.2) is 53.4 Å². The van der Waals surface area contributed by atoms with E-state index in [1.807, 2.05) is 31.2 Å². The van der Waals surface area contributed by atoms with Crippen LogP contribution in [-0.2, 0) is 11.0 Å². The summed E-state index contributed by atoms with van der Waals surface area (Å²) in [5, 5.41) is 10.5. The molecule has 0 aliphatic carbocycles. The number of rotatable bonds is 4. The van der Waals surface area contributed by atoms with Gasteiger partial charge in [-0.3, -0.25) is 10.1 Å². The average molecular weight is 276 g/mol. The first kappa shape index (κ1) is 13.2. The Kier molecular flexibility index (Phi) is 3.91. The molecule has 0 saturated carbocycles. The highest BCUT2D eigenvalue weighted by atomic mass is 32.2. The summed E-state index contributed by atoms with van der Waals surface area (Å²) in [5.41, 5.74) is 1.84. The normalized spacial score (nSPS) is 11.8. The summed E-state index contributed by atoms with van der Waals surface area (Å²) < 4.78 is 14.8. The lowest BCUT2D eigenvalue weighted by Crippen LogP contribution is -2.04.